The van der Waals surface area contributed by atoms with Crippen LogP contribution in [-0.2, 0) is 24.3 Å². The molecular weight excluding hydrogens is 404 g/mol. The molecule has 3 heterocycles. The van der Waals surface area contributed by atoms with Gasteiger partial charge in [0.2, 0.25) is 5.91 Å². The number of nitrogens with zero attached hydrogens (tertiary/aromatic N) is 4. The van der Waals surface area contributed by atoms with Gasteiger partial charge in [0.1, 0.15) is 17.4 Å². The Balaban J connectivity index is 0.00000240. The lowest BCUT2D eigenvalue weighted by Crippen LogP contribution is -2.39. The summed E-state index contributed by atoms with van der Waals surface area (Å²) in [5.74, 6) is 2.26. The molecule has 0 bridgehead atoms. The molecule has 1 fully saturated rings. The van der Waals surface area contributed by atoms with Crippen molar-refractivity contribution in [2.45, 2.75) is 44.9 Å². The van der Waals surface area contributed by atoms with E-state index in [0.717, 1.165) is 44.1 Å². The average molecular weight is 428 g/mol. The number of rotatable bonds is 5. The molecule has 0 saturated carbocycles. The summed E-state index contributed by atoms with van der Waals surface area (Å²) in [5.41, 5.74) is 0.481. The Morgan fingerprint density at radius 2 is 1.97 bits per heavy atom. The number of ether oxygens (including phenoxy) is 1. The van der Waals surface area contributed by atoms with Gasteiger partial charge in [0, 0.05) is 37.7 Å². The molecule has 1 aromatic carbocycles. The molecule has 158 valence electrons. The summed E-state index contributed by atoms with van der Waals surface area (Å²) in [6, 6.07) is 6.45. The van der Waals surface area contributed by atoms with Gasteiger partial charge in [-0.3, -0.25) is 4.79 Å². The van der Waals surface area contributed by atoms with Crippen LogP contribution in [0.5, 0.6) is 5.75 Å². The second-order valence-electron chi connectivity index (χ2n) is 7.12. The maximum Gasteiger partial charge on any atom is 0.387 e. The van der Waals surface area contributed by atoms with Crippen LogP contribution in [0.3, 0.4) is 0 Å². The first-order valence-corrected chi connectivity index (χ1v) is 9.55. The van der Waals surface area contributed by atoms with Crippen molar-refractivity contribution in [1.29, 1.82) is 0 Å². The number of hydrogen-bond donors (Lipinski definition) is 1. The van der Waals surface area contributed by atoms with Crippen LogP contribution in [0.15, 0.2) is 24.3 Å². The minimum Gasteiger partial charge on any atom is -0.435 e. The van der Waals surface area contributed by atoms with Gasteiger partial charge in [0.05, 0.1) is 13.0 Å². The largest absolute Gasteiger partial charge is 0.435 e. The topological polar surface area (TPSA) is 72.3 Å². The average Bonchev–Trinajstić information content (AvgIpc) is 3.13. The van der Waals surface area contributed by atoms with Crippen LogP contribution in [0.2, 0.25) is 0 Å². The number of likely N-dealkylation sites (tertiary alicyclic amines) is 1. The van der Waals surface area contributed by atoms with Gasteiger partial charge in [-0.1, -0.05) is 18.2 Å². The smallest absolute Gasteiger partial charge is 0.387 e. The Kier molecular flexibility index (Phi) is 7.02. The number of alkyl halides is 2. The molecule has 1 N–H and O–H groups in total. The van der Waals surface area contributed by atoms with Crippen molar-refractivity contribution in [2.75, 3.05) is 19.6 Å². The molecule has 0 radical (unpaired) electrons. The van der Waals surface area contributed by atoms with E-state index in [-0.39, 0.29) is 36.4 Å². The minimum atomic E-state index is -2.91. The molecule has 0 aliphatic carbocycles. The lowest BCUT2D eigenvalue weighted by Gasteiger charge is -2.32. The molecule has 2 aliphatic heterocycles. The summed E-state index contributed by atoms with van der Waals surface area (Å²) in [5, 5.41) is 11.9. The first-order valence-electron chi connectivity index (χ1n) is 9.55. The molecule has 0 spiro atoms. The van der Waals surface area contributed by atoms with Crippen LogP contribution < -0.4 is 10.1 Å². The van der Waals surface area contributed by atoms with Crippen molar-refractivity contribution in [3.8, 4) is 5.75 Å². The van der Waals surface area contributed by atoms with E-state index in [0.29, 0.717) is 18.7 Å². The van der Waals surface area contributed by atoms with Gasteiger partial charge in [-0.05, 0) is 18.9 Å². The highest BCUT2D eigenvalue weighted by atomic mass is 35.5. The van der Waals surface area contributed by atoms with Gasteiger partial charge in [0.15, 0.2) is 0 Å². The molecule has 2 aliphatic rings. The number of carbonyl (C=O) groups excluding carboxylic acids is 1. The number of amides is 1. The Morgan fingerprint density at radius 1 is 1.21 bits per heavy atom. The molecule has 2 aromatic rings. The zero-order valence-corrected chi connectivity index (χ0v) is 16.7. The molecule has 10 heteroatoms. The minimum absolute atomic E-state index is 0. The highest BCUT2D eigenvalue weighted by Gasteiger charge is 2.29. The second kappa shape index (κ2) is 9.49. The van der Waals surface area contributed by atoms with Crippen LogP contribution in [-0.4, -0.2) is 51.8 Å². The van der Waals surface area contributed by atoms with E-state index in [1.54, 1.807) is 23.1 Å². The number of aromatic nitrogens is 3. The fraction of sp³-hybridized carbons (Fsp3) is 0.526. The van der Waals surface area contributed by atoms with E-state index in [4.69, 9.17) is 0 Å². The normalized spacial score (nSPS) is 17.0. The number of nitrogens with one attached hydrogen (secondary N) is 1. The number of piperidine rings is 1. The van der Waals surface area contributed by atoms with Crippen LogP contribution in [0.1, 0.15) is 36.0 Å². The fourth-order valence-electron chi connectivity index (χ4n) is 3.94. The van der Waals surface area contributed by atoms with Crippen molar-refractivity contribution in [1.82, 2.24) is 25.0 Å². The summed E-state index contributed by atoms with van der Waals surface area (Å²) in [6.45, 7) is 0.873. The molecule has 4 rings (SSSR count). The van der Waals surface area contributed by atoms with Gasteiger partial charge < -0.3 is 19.5 Å². The number of halogens is 3. The quantitative estimate of drug-likeness (QED) is 0.793. The van der Waals surface area contributed by atoms with Gasteiger partial charge in [-0.25, -0.2) is 0 Å². The summed E-state index contributed by atoms with van der Waals surface area (Å²) in [4.78, 5) is 14.5. The standard InChI is InChI=1S/C19H23F2N5O2.ClH/c20-19(21)28-15-4-2-1-3-14(15)11-17(27)25-8-5-13(6-9-25)18-24-23-16-12-22-7-10-26(16)18;/h1-4,13,19,22H,5-12H2;1H. The maximum atomic E-state index is 12.7. The second-order valence-corrected chi connectivity index (χ2v) is 7.12. The van der Waals surface area contributed by atoms with Crippen molar-refractivity contribution in [3.05, 3.63) is 41.5 Å². The third kappa shape index (κ3) is 4.84. The molecular formula is C19H24ClF2N5O2. The maximum absolute atomic E-state index is 12.7. The number of carbonyl (C=O) groups is 1. The fourth-order valence-corrected chi connectivity index (χ4v) is 3.94. The number of fused-ring (bicyclic) bond motifs is 1. The molecule has 1 amide bonds. The molecule has 1 saturated heterocycles. The van der Waals surface area contributed by atoms with Gasteiger partial charge in [-0.15, -0.1) is 22.6 Å². The van der Waals surface area contributed by atoms with E-state index >= 15 is 0 Å². The highest BCUT2D eigenvalue weighted by molar-refractivity contribution is 5.85. The zero-order chi connectivity index (χ0) is 19.5. The molecule has 0 atom stereocenters. The van der Waals surface area contributed by atoms with Gasteiger partial charge >= 0.3 is 6.61 Å². The Hall–Kier alpha value is -2.26. The van der Waals surface area contributed by atoms with Crippen LogP contribution in [0, 0.1) is 0 Å². The van der Waals surface area contributed by atoms with Crippen LogP contribution in [0.25, 0.3) is 0 Å². The zero-order valence-electron chi connectivity index (χ0n) is 15.9. The Bertz CT molecular complexity index is 840. The first kappa shape index (κ1) is 21.4. The summed E-state index contributed by atoms with van der Waals surface area (Å²) in [6.07, 6.45) is 1.71. The lowest BCUT2D eigenvalue weighted by molar-refractivity contribution is -0.131. The van der Waals surface area contributed by atoms with E-state index in [2.05, 4.69) is 24.8 Å². The lowest BCUT2D eigenvalue weighted by atomic mass is 9.95. The van der Waals surface area contributed by atoms with Crippen LogP contribution in [0.4, 0.5) is 8.78 Å². The third-order valence-electron chi connectivity index (χ3n) is 5.39. The summed E-state index contributed by atoms with van der Waals surface area (Å²) < 4.78 is 31.8. The van der Waals surface area contributed by atoms with E-state index in [1.165, 1.54) is 6.07 Å². The van der Waals surface area contributed by atoms with Gasteiger partial charge in [0.25, 0.3) is 0 Å². The number of para-hydroxylation sites is 1. The molecule has 1 aromatic heterocycles. The molecule has 0 unspecified atom stereocenters. The predicted octanol–water partition coefficient (Wildman–Crippen LogP) is 2.35. The van der Waals surface area contributed by atoms with Crippen molar-refractivity contribution >= 4 is 18.3 Å². The van der Waals surface area contributed by atoms with E-state index < -0.39 is 6.61 Å². The van der Waals surface area contributed by atoms with Crippen molar-refractivity contribution < 1.29 is 18.3 Å². The monoisotopic (exact) mass is 427 g/mol. The van der Waals surface area contributed by atoms with Crippen molar-refractivity contribution in [3.63, 3.8) is 0 Å². The molecule has 29 heavy (non-hydrogen) atoms. The highest BCUT2D eigenvalue weighted by Crippen LogP contribution is 2.29. The Morgan fingerprint density at radius 3 is 2.72 bits per heavy atom. The predicted molar refractivity (Wildman–Crippen MR) is 104 cm³/mol. The molecule has 7 nitrogen and oxygen atoms in total. The van der Waals surface area contributed by atoms with E-state index in [1.807, 2.05) is 0 Å². The number of benzene rings is 1. The summed E-state index contributed by atoms with van der Waals surface area (Å²) >= 11 is 0. The van der Waals surface area contributed by atoms with Crippen LogP contribution >= 0.6 is 12.4 Å². The third-order valence-corrected chi connectivity index (χ3v) is 5.39. The first-order chi connectivity index (χ1) is 13.6. The SMILES string of the molecule is Cl.O=C(Cc1ccccc1OC(F)F)N1CCC(c2nnc3n2CCNC3)CC1. The number of hydrogen-bond acceptors (Lipinski definition) is 5. The van der Waals surface area contributed by atoms with Gasteiger partial charge in [-0.2, -0.15) is 8.78 Å². The van der Waals surface area contributed by atoms with E-state index in [9.17, 15) is 13.6 Å². The summed E-state index contributed by atoms with van der Waals surface area (Å²) in [7, 11) is 0. The van der Waals surface area contributed by atoms with Crippen molar-refractivity contribution in [2.24, 2.45) is 0 Å². The Labute approximate surface area is 173 Å².